The zero-order valence-electron chi connectivity index (χ0n) is 6.59. The molecule has 0 aromatic heterocycles. The minimum atomic E-state index is -0.884. The van der Waals surface area contributed by atoms with Gasteiger partial charge >= 0.3 is 0 Å². The monoisotopic (exact) mass is 144 g/mol. The lowest BCUT2D eigenvalue weighted by Crippen LogP contribution is -2.24. The van der Waals surface area contributed by atoms with Crippen LogP contribution in [0.3, 0.4) is 0 Å². The van der Waals surface area contributed by atoms with Crippen LogP contribution in [0.1, 0.15) is 26.7 Å². The van der Waals surface area contributed by atoms with Gasteiger partial charge in [-0.1, -0.05) is 13.8 Å². The topological polar surface area (TPSA) is 72.3 Å². The summed E-state index contributed by atoms with van der Waals surface area (Å²) in [6, 6.07) is 0. The standard InChI is InChI=1S/C7H16N2O/c1-3-5(7(9)10)6(8)4-2/h7,10H,3-4,8-9H2,1-2H3/b6-5-/t7-/m1/s1. The Balaban J connectivity index is 4.29. The van der Waals surface area contributed by atoms with Crippen molar-refractivity contribution in [1.29, 1.82) is 0 Å². The molecule has 1 atom stereocenters. The summed E-state index contributed by atoms with van der Waals surface area (Å²) in [5.41, 5.74) is 12.3. The molecule has 0 bridgehead atoms. The molecule has 0 aliphatic carbocycles. The SMILES string of the molecule is CC/C(N)=C(\CC)[C@H](N)O. The molecule has 0 unspecified atom stereocenters. The summed E-state index contributed by atoms with van der Waals surface area (Å²) in [6.07, 6.45) is 0.583. The molecule has 0 rings (SSSR count). The van der Waals surface area contributed by atoms with Gasteiger partial charge < -0.3 is 16.6 Å². The Morgan fingerprint density at radius 2 is 1.90 bits per heavy atom. The Labute approximate surface area is 61.7 Å². The molecule has 3 nitrogen and oxygen atoms in total. The number of hydrogen-bond acceptors (Lipinski definition) is 3. The normalized spacial score (nSPS) is 16.4. The lowest BCUT2D eigenvalue weighted by atomic mass is 10.1. The van der Waals surface area contributed by atoms with Crippen molar-refractivity contribution in [3.63, 3.8) is 0 Å². The van der Waals surface area contributed by atoms with Gasteiger partial charge in [-0.3, -0.25) is 0 Å². The van der Waals surface area contributed by atoms with Crippen LogP contribution in [0.25, 0.3) is 0 Å². The van der Waals surface area contributed by atoms with Gasteiger partial charge in [-0.05, 0) is 18.4 Å². The van der Waals surface area contributed by atoms with Crippen molar-refractivity contribution in [1.82, 2.24) is 0 Å². The van der Waals surface area contributed by atoms with Gasteiger partial charge in [-0.15, -0.1) is 0 Å². The number of nitrogens with two attached hydrogens (primary N) is 2. The number of hydrogen-bond donors (Lipinski definition) is 3. The highest BCUT2D eigenvalue weighted by Crippen LogP contribution is 2.08. The molecule has 0 amide bonds. The van der Waals surface area contributed by atoms with E-state index in [0.29, 0.717) is 5.70 Å². The van der Waals surface area contributed by atoms with Crippen LogP contribution in [0, 0.1) is 0 Å². The molecule has 10 heavy (non-hydrogen) atoms. The van der Waals surface area contributed by atoms with Gasteiger partial charge in [-0.2, -0.15) is 0 Å². The number of aliphatic hydroxyl groups excluding tert-OH is 1. The molecule has 0 aromatic rings. The van der Waals surface area contributed by atoms with Gasteiger partial charge in [-0.25, -0.2) is 0 Å². The lowest BCUT2D eigenvalue weighted by Gasteiger charge is -2.10. The first-order valence-electron chi connectivity index (χ1n) is 3.54. The summed E-state index contributed by atoms with van der Waals surface area (Å²) >= 11 is 0. The summed E-state index contributed by atoms with van der Waals surface area (Å²) < 4.78 is 0. The van der Waals surface area contributed by atoms with Crippen molar-refractivity contribution in [3.8, 4) is 0 Å². The van der Waals surface area contributed by atoms with E-state index in [9.17, 15) is 0 Å². The highest BCUT2D eigenvalue weighted by atomic mass is 16.3. The molecule has 0 aromatic carbocycles. The number of aliphatic hydroxyl groups is 1. The van der Waals surface area contributed by atoms with E-state index >= 15 is 0 Å². The predicted octanol–water partition coefficient (Wildman–Crippen LogP) is 0.296. The Bertz CT molecular complexity index is 130. The molecular formula is C7H16N2O. The van der Waals surface area contributed by atoms with Gasteiger partial charge in [0.25, 0.3) is 0 Å². The summed E-state index contributed by atoms with van der Waals surface area (Å²) in [4.78, 5) is 0. The van der Waals surface area contributed by atoms with Crippen molar-refractivity contribution >= 4 is 0 Å². The zero-order valence-corrected chi connectivity index (χ0v) is 6.59. The van der Waals surface area contributed by atoms with Gasteiger partial charge in [0.05, 0.1) is 0 Å². The predicted molar refractivity (Wildman–Crippen MR) is 42.0 cm³/mol. The Morgan fingerprint density at radius 1 is 1.40 bits per heavy atom. The van der Waals surface area contributed by atoms with E-state index in [1.807, 2.05) is 13.8 Å². The molecular weight excluding hydrogens is 128 g/mol. The van der Waals surface area contributed by atoms with E-state index in [2.05, 4.69) is 0 Å². The van der Waals surface area contributed by atoms with Crippen molar-refractivity contribution in [3.05, 3.63) is 11.3 Å². The van der Waals surface area contributed by atoms with Crippen LogP contribution < -0.4 is 11.5 Å². The Hall–Kier alpha value is -0.540. The Morgan fingerprint density at radius 3 is 2.00 bits per heavy atom. The van der Waals surface area contributed by atoms with Gasteiger partial charge in [0, 0.05) is 5.70 Å². The highest BCUT2D eigenvalue weighted by Gasteiger charge is 2.05. The summed E-state index contributed by atoms with van der Waals surface area (Å²) in [6.45, 7) is 3.86. The molecule has 0 radical (unpaired) electrons. The summed E-state index contributed by atoms with van der Waals surface area (Å²) in [5, 5.41) is 8.95. The molecule has 0 fully saturated rings. The minimum Gasteiger partial charge on any atom is -0.402 e. The minimum absolute atomic E-state index is 0.706. The van der Waals surface area contributed by atoms with E-state index in [1.165, 1.54) is 0 Å². The van der Waals surface area contributed by atoms with Crippen LogP contribution in [0.4, 0.5) is 0 Å². The largest absolute Gasteiger partial charge is 0.402 e. The van der Waals surface area contributed by atoms with Crippen molar-refractivity contribution in [2.75, 3.05) is 0 Å². The van der Waals surface area contributed by atoms with Crippen LogP contribution in [0.15, 0.2) is 11.3 Å². The average Bonchev–Trinajstić information content (AvgIpc) is 1.88. The third-order valence-corrected chi connectivity index (χ3v) is 1.53. The highest BCUT2D eigenvalue weighted by molar-refractivity contribution is 5.13. The van der Waals surface area contributed by atoms with Crippen LogP contribution in [0.2, 0.25) is 0 Å². The first-order chi connectivity index (χ1) is 4.63. The molecule has 0 aliphatic rings. The van der Waals surface area contributed by atoms with E-state index in [0.717, 1.165) is 18.4 Å². The second kappa shape index (κ2) is 4.30. The second-order valence-corrected chi connectivity index (χ2v) is 2.20. The molecule has 60 valence electrons. The fraction of sp³-hybridized carbons (Fsp3) is 0.714. The first kappa shape index (κ1) is 9.46. The van der Waals surface area contributed by atoms with E-state index < -0.39 is 6.23 Å². The quantitative estimate of drug-likeness (QED) is 0.499. The van der Waals surface area contributed by atoms with Crippen LogP contribution in [-0.2, 0) is 0 Å². The van der Waals surface area contributed by atoms with E-state index in [4.69, 9.17) is 16.6 Å². The Kier molecular flexibility index (Phi) is 4.07. The third-order valence-electron chi connectivity index (χ3n) is 1.53. The van der Waals surface area contributed by atoms with E-state index in [-0.39, 0.29) is 0 Å². The van der Waals surface area contributed by atoms with Crippen molar-refractivity contribution in [2.45, 2.75) is 32.9 Å². The summed E-state index contributed by atoms with van der Waals surface area (Å²) in [5.74, 6) is 0. The maximum absolute atomic E-state index is 8.95. The zero-order chi connectivity index (χ0) is 8.15. The first-order valence-corrected chi connectivity index (χ1v) is 3.54. The third kappa shape index (κ3) is 2.37. The lowest BCUT2D eigenvalue weighted by molar-refractivity contribution is 0.214. The fourth-order valence-electron chi connectivity index (χ4n) is 0.853. The average molecular weight is 144 g/mol. The molecule has 0 aliphatic heterocycles. The summed E-state index contributed by atoms with van der Waals surface area (Å²) in [7, 11) is 0. The molecule has 0 saturated carbocycles. The molecule has 5 N–H and O–H groups in total. The van der Waals surface area contributed by atoms with Gasteiger partial charge in [0.15, 0.2) is 0 Å². The van der Waals surface area contributed by atoms with Gasteiger partial charge in [0.2, 0.25) is 0 Å². The molecule has 0 saturated heterocycles. The van der Waals surface area contributed by atoms with Crippen LogP contribution in [0.5, 0.6) is 0 Å². The molecule has 0 spiro atoms. The molecule has 3 heteroatoms. The van der Waals surface area contributed by atoms with Crippen LogP contribution in [-0.4, -0.2) is 11.3 Å². The fourth-order valence-corrected chi connectivity index (χ4v) is 0.853. The molecule has 0 heterocycles. The number of allylic oxidation sites excluding steroid dienone is 1. The maximum Gasteiger partial charge on any atom is 0.126 e. The number of rotatable bonds is 3. The van der Waals surface area contributed by atoms with Crippen molar-refractivity contribution < 1.29 is 5.11 Å². The smallest absolute Gasteiger partial charge is 0.126 e. The maximum atomic E-state index is 8.95. The van der Waals surface area contributed by atoms with Gasteiger partial charge in [0.1, 0.15) is 6.23 Å². The van der Waals surface area contributed by atoms with Crippen molar-refractivity contribution in [2.24, 2.45) is 11.5 Å². The van der Waals surface area contributed by atoms with Crippen LogP contribution >= 0.6 is 0 Å². The second-order valence-electron chi connectivity index (χ2n) is 2.20. The van der Waals surface area contributed by atoms with E-state index in [1.54, 1.807) is 0 Å².